The average Bonchev–Trinajstić information content (AvgIpc) is 2.49. The van der Waals surface area contributed by atoms with Crippen molar-refractivity contribution in [1.82, 2.24) is 0 Å². The standard InChI is InChI=1S/2C10H16O/c1-10(2,8-11)9-6-4-3-5-7-9;1-9(2)5-4-6-10(3)7-8-11/h4,6,8-9H,3,5,7H2,1-2H3;5,7-8H,4,6H2,1-3H3. The molecule has 1 rings (SSSR count). The molecular weight excluding hydrogens is 272 g/mol. The Kier molecular flexibility index (Phi) is 10.4. The molecule has 1 aliphatic rings. The van der Waals surface area contributed by atoms with Crippen LogP contribution in [0.3, 0.4) is 0 Å². The summed E-state index contributed by atoms with van der Waals surface area (Å²) in [4.78, 5) is 20.7. The lowest BCUT2D eigenvalue weighted by molar-refractivity contribution is -0.116. The Morgan fingerprint density at radius 2 is 1.91 bits per heavy atom. The molecule has 1 unspecified atom stereocenters. The minimum absolute atomic E-state index is 0.156. The van der Waals surface area contributed by atoms with Gasteiger partial charge in [0, 0.05) is 5.41 Å². The minimum atomic E-state index is -0.156. The van der Waals surface area contributed by atoms with Gasteiger partial charge >= 0.3 is 0 Å². The predicted octanol–water partition coefficient (Wildman–Crippen LogP) is 5.45. The number of carbonyl (C=O) groups is 2. The van der Waals surface area contributed by atoms with E-state index >= 15 is 0 Å². The summed E-state index contributed by atoms with van der Waals surface area (Å²) >= 11 is 0. The predicted molar refractivity (Wildman–Crippen MR) is 94.8 cm³/mol. The first kappa shape index (κ1) is 20.6. The van der Waals surface area contributed by atoms with E-state index in [1.165, 1.54) is 24.8 Å². The van der Waals surface area contributed by atoms with Gasteiger partial charge in [0.25, 0.3) is 0 Å². The molecule has 0 spiro atoms. The van der Waals surface area contributed by atoms with Gasteiger partial charge in [-0.05, 0) is 64.9 Å². The third kappa shape index (κ3) is 9.49. The third-order valence-electron chi connectivity index (χ3n) is 3.96. The van der Waals surface area contributed by atoms with E-state index in [4.69, 9.17) is 0 Å². The van der Waals surface area contributed by atoms with Gasteiger partial charge in [-0.15, -0.1) is 0 Å². The molecule has 0 amide bonds. The summed E-state index contributed by atoms with van der Waals surface area (Å²) in [5.41, 5.74) is 2.33. The molecule has 0 bridgehead atoms. The Morgan fingerprint density at radius 1 is 1.23 bits per heavy atom. The normalized spacial score (nSPS) is 18.0. The largest absolute Gasteiger partial charge is 0.303 e. The van der Waals surface area contributed by atoms with Crippen molar-refractivity contribution in [2.45, 2.75) is 66.7 Å². The highest BCUT2D eigenvalue weighted by Crippen LogP contribution is 2.32. The topological polar surface area (TPSA) is 34.1 Å². The van der Waals surface area contributed by atoms with Crippen molar-refractivity contribution in [3.8, 4) is 0 Å². The van der Waals surface area contributed by atoms with Gasteiger partial charge in [0.15, 0.2) is 0 Å². The zero-order valence-corrected chi connectivity index (χ0v) is 14.9. The number of hydrogen-bond donors (Lipinski definition) is 0. The second kappa shape index (κ2) is 11.2. The summed E-state index contributed by atoms with van der Waals surface area (Å²) in [6, 6.07) is 0. The van der Waals surface area contributed by atoms with E-state index in [1.54, 1.807) is 6.08 Å². The lowest BCUT2D eigenvalue weighted by Crippen LogP contribution is -2.25. The lowest BCUT2D eigenvalue weighted by Gasteiger charge is -2.28. The van der Waals surface area contributed by atoms with Crippen molar-refractivity contribution >= 4 is 12.6 Å². The molecule has 0 aromatic heterocycles. The molecular formula is C20H32O2. The molecule has 2 heteroatoms. The van der Waals surface area contributed by atoms with Gasteiger partial charge in [-0.25, -0.2) is 0 Å². The Bertz CT molecular complexity index is 421. The van der Waals surface area contributed by atoms with Crippen molar-refractivity contribution in [1.29, 1.82) is 0 Å². The van der Waals surface area contributed by atoms with Crippen LogP contribution in [0, 0.1) is 11.3 Å². The molecule has 0 fully saturated rings. The van der Waals surface area contributed by atoms with Gasteiger partial charge < -0.3 is 4.79 Å². The Balaban J connectivity index is 0.000000401. The summed E-state index contributed by atoms with van der Waals surface area (Å²) in [5, 5.41) is 0. The van der Waals surface area contributed by atoms with Crippen LogP contribution in [-0.2, 0) is 9.59 Å². The zero-order chi connectivity index (χ0) is 17.0. The summed E-state index contributed by atoms with van der Waals surface area (Å²) in [5.74, 6) is 0.466. The van der Waals surface area contributed by atoms with E-state index in [-0.39, 0.29) is 5.41 Å². The first-order chi connectivity index (χ1) is 10.3. The molecule has 0 N–H and O–H groups in total. The molecule has 1 atom stereocenters. The van der Waals surface area contributed by atoms with Gasteiger partial charge in [-0.2, -0.15) is 0 Å². The Morgan fingerprint density at radius 3 is 2.36 bits per heavy atom. The van der Waals surface area contributed by atoms with Gasteiger partial charge in [0.2, 0.25) is 0 Å². The second-order valence-electron chi connectivity index (χ2n) is 6.87. The fourth-order valence-electron chi connectivity index (χ4n) is 2.31. The molecule has 2 nitrogen and oxygen atoms in total. The second-order valence-corrected chi connectivity index (χ2v) is 6.87. The van der Waals surface area contributed by atoms with Crippen LogP contribution in [0.5, 0.6) is 0 Å². The molecule has 0 saturated carbocycles. The van der Waals surface area contributed by atoms with Crippen molar-refractivity contribution < 1.29 is 9.59 Å². The fraction of sp³-hybridized carbons (Fsp3) is 0.600. The van der Waals surface area contributed by atoms with Crippen LogP contribution < -0.4 is 0 Å². The van der Waals surface area contributed by atoms with E-state index in [1.807, 2.05) is 20.8 Å². The number of allylic oxidation sites excluding steroid dienone is 6. The van der Waals surface area contributed by atoms with Crippen molar-refractivity contribution in [2.24, 2.45) is 11.3 Å². The molecule has 0 heterocycles. The van der Waals surface area contributed by atoms with Gasteiger partial charge in [-0.1, -0.05) is 43.2 Å². The van der Waals surface area contributed by atoms with Crippen LogP contribution in [0.1, 0.15) is 66.7 Å². The van der Waals surface area contributed by atoms with E-state index in [9.17, 15) is 9.59 Å². The molecule has 0 aromatic rings. The molecule has 0 radical (unpaired) electrons. The number of aldehydes is 2. The van der Waals surface area contributed by atoms with Crippen LogP contribution in [0.15, 0.2) is 35.5 Å². The highest BCUT2D eigenvalue weighted by atomic mass is 16.1. The Hall–Kier alpha value is -1.44. The fourth-order valence-corrected chi connectivity index (χ4v) is 2.31. The quantitative estimate of drug-likeness (QED) is 0.371. The van der Waals surface area contributed by atoms with E-state index in [2.05, 4.69) is 32.1 Å². The monoisotopic (exact) mass is 304 g/mol. The van der Waals surface area contributed by atoms with Crippen molar-refractivity contribution in [2.75, 3.05) is 0 Å². The third-order valence-corrected chi connectivity index (χ3v) is 3.96. The van der Waals surface area contributed by atoms with Crippen molar-refractivity contribution in [3.63, 3.8) is 0 Å². The van der Waals surface area contributed by atoms with Gasteiger partial charge in [0.05, 0.1) is 0 Å². The van der Waals surface area contributed by atoms with Gasteiger partial charge in [0.1, 0.15) is 12.6 Å². The average molecular weight is 304 g/mol. The van der Waals surface area contributed by atoms with Crippen LogP contribution in [0.2, 0.25) is 0 Å². The maximum absolute atomic E-state index is 10.7. The summed E-state index contributed by atoms with van der Waals surface area (Å²) < 4.78 is 0. The number of rotatable bonds is 6. The molecule has 22 heavy (non-hydrogen) atoms. The maximum Gasteiger partial charge on any atom is 0.142 e. The molecule has 0 aliphatic heterocycles. The summed E-state index contributed by atoms with van der Waals surface area (Å²) in [6.07, 6.45) is 15.7. The SMILES string of the molecule is CC(C)(C=O)C1C=CCCC1.CC(C)=CCCC(C)=CC=O. The summed E-state index contributed by atoms with van der Waals surface area (Å²) in [6.45, 7) is 10.2. The molecule has 1 aliphatic carbocycles. The highest BCUT2D eigenvalue weighted by molar-refractivity contribution is 5.65. The smallest absolute Gasteiger partial charge is 0.142 e. The highest BCUT2D eigenvalue weighted by Gasteiger charge is 2.27. The van der Waals surface area contributed by atoms with Crippen molar-refractivity contribution in [3.05, 3.63) is 35.5 Å². The van der Waals surface area contributed by atoms with E-state index in [0.29, 0.717) is 5.92 Å². The zero-order valence-electron chi connectivity index (χ0n) is 14.9. The van der Waals surface area contributed by atoms with Crippen LogP contribution in [-0.4, -0.2) is 12.6 Å². The summed E-state index contributed by atoms with van der Waals surface area (Å²) in [7, 11) is 0. The Labute approximate surface area is 136 Å². The van der Waals surface area contributed by atoms with E-state index in [0.717, 1.165) is 31.0 Å². The first-order valence-corrected chi connectivity index (χ1v) is 8.20. The first-order valence-electron chi connectivity index (χ1n) is 8.20. The van der Waals surface area contributed by atoms with Gasteiger partial charge in [-0.3, -0.25) is 4.79 Å². The van der Waals surface area contributed by atoms with Crippen LogP contribution in [0.25, 0.3) is 0 Å². The number of carbonyl (C=O) groups excluding carboxylic acids is 2. The molecule has 124 valence electrons. The number of hydrogen-bond acceptors (Lipinski definition) is 2. The molecule has 0 saturated heterocycles. The lowest BCUT2D eigenvalue weighted by atomic mass is 9.75. The van der Waals surface area contributed by atoms with Crippen LogP contribution >= 0.6 is 0 Å². The van der Waals surface area contributed by atoms with Crippen LogP contribution in [0.4, 0.5) is 0 Å². The molecule has 0 aromatic carbocycles. The minimum Gasteiger partial charge on any atom is -0.303 e. The van der Waals surface area contributed by atoms with E-state index < -0.39 is 0 Å². The maximum atomic E-state index is 10.7.